The lowest BCUT2D eigenvalue weighted by atomic mass is 10.1. The molecule has 0 aromatic heterocycles. The van der Waals surface area contributed by atoms with Gasteiger partial charge in [-0.1, -0.05) is 23.7 Å². The van der Waals surface area contributed by atoms with Gasteiger partial charge < -0.3 is 15.2 Å². The van der Waals surface area contributed by atoms with Crippen molar-refractivity contribution in [2.75, 3.05) is 45.9 Å². The monoisotopic (exact) mass is 552 g/mol. The average Bonchev–Trinajstić information content (AvgIpc) is 2.84. The quantitative estimate of drug-likeness (QED) is 0.520. The van der Waals surface area contributed by atoms with Crippen molar-refractivity contribution in [2.24, 2.45) is 0 Å². The zero-order valence-electron chi connectivity index (χ0n) is 18.8. The van der Waals surface area contributed by atoms with E-state index in [1.807, 2.05) is 0 Å². The van der Waals surface area contributed by atoms with E-state index in [2.05, 4.69) is 10.7 Å². The molecule has 2 aromatic carbocycles. The predicted octanol–water partition coefficient (Wildman–Crippen LogP) is 1.45. The maximum absolute atomic E-state index is 13.2. The number of benzene rings is 2. The number of carboxylic acid groups (broad SMARTS) is 1. The molecule has 3 N–H and O–H groups in total. The molecule has 15 heteroatoms. The molecule has 4 rings (SSSR count). The third-order valence-corrected chi connectivity index (χ3v) is 7.48. The van der Waals surface area contributed by atoms with E-state index in [1.165, 1.54) is 4.31 Å². The molecule has 2 aromatic rings. The van der Waals surface area contributed by atoms with Crippen molar-refractivity contribution in [3.8, 4) is 0 Å². The number of carbonyl (C=O) groups is 2. The van der Waals surface area contributed by atoms with E-state index in [0.29, 0.717) is 44.4 Å². The van der Waals surface area contributed by atoms with E-state index in [9.17, 15) is 26.4 Å². The number of piperazine rings is 1. The molecule has 1 unspecified atom stereocenters. The highest BCUT2D eigenvalue weighted by Gasteiger charge is 2.38. The van der Waals surface area contributed by atoms with Gasteiger partial charge in [-0.15, -0.1) is 0 Å². The number of nitrogens with one attached hydrogen (secondary N) is 2. The second-order valence-corrected chi connectivity index (χ2v) is 10.3. The van der Waals surface area contributed by atoms with Gasteiger partial charge in [-0.3, -0.25) is 10.2 Å². The number of carbonyl (C=O) groups excluding carboxylic acids is 1. The van der Waals surface area contributed by atoms with Crippen LogP contribution >= 0.6 is 11.6 Å². The molecule has 0 radical (unpaired) electrons. The second kappa shape index (κ2) is 11.7. The summed E-state index contributed by atoms with van der Waals surface area (Å²) >= 11 is 6.00. The van der Waals surface area contributed by atoms with E-state index in [4.69, 9.17) is 26.2 Å². The first-order chi connectivity index (χ1) is 16.9. The average molecular weight is 553 g/mol. The Morgan fingerprint density at radius 2 is 1.69 bits per heavy atom. The van der Waals surface area contributed by atoms with Crippen LogP contribution in [0.3, 0.4) is 0 Å². The summed E-state index contributed by atoms with van der Waals surface area (Å²) in [6.07, 6.45) is -5.08. The molecule has 0 spiro atoms. The minimum absolute atomic E-state index is 0.0805. The summed E-state index contributed by atoms with van der Waals surface area (Å²) in [5.41, 5.74) is 2.85. The normalized spacial score (nSPS) is 19.8. The fourth-order valence-electron chi connectivity index (χ4n) is 3.53. The van der Waals surface area contributed by atoms with Gasteiger partial charge in [0.1, 0.15) is 6.04 Å². The predicted molar refractivity (Wildman–Crippen MR) is 124 cm³/mol. The van der Waals surface area contributed by atoms with Crippen molar-refractivity contribution in [2.45, 2.75) is 17.1 Å². The largest absolute Gasteiger partial charge is 0.490 e. The summed E-state index contributed by atoms with van der Waals surface area (Å²) in [6.45, 7) is 3.14. The maximum Gasteiger partial charge on any atom is 0.490 e. The summed E-state index contributed by atoms with van der Waals surface area (Å²) in [4.78, 5) is 21.7. The van der Waals surface area contributed by atoms with Gasteiger partial charge in [-0.2, -0.15) is 17.5 Å². The maximum atomic E-state index is 13.2. The van der Waals surface area contributed by atoms with Crippen molar-refractivity contribution in [1.82, 2.24) is 20.1 Å². The van der Waals surface area contributed by atoms with Crippen LogP contribution in [0, 0.1) is 0 Å². The molecule has 2 aliphatic heterocycles. The molecule has 2 saturated heterocycles. The smallest absolute Gasteiger partial charge is 0.475 e. The number of hydrazine groups is 1. The number of halogens is 4. The fraction of sp³-hybridized carbons (Fsp3) is 0.429. The Morgan fingerprint density at radius 1 is 1.08 bits per heavy atom. The lowest BCUT2D eigenvalue weighted by molar-refractivity contribution is -0.192. The molecule has 2 heterocycles. The molecular weight excluding hydrogens is 529 g/mol. The van der Waals surface area contributed by atoms with Gasteiger partial charge in [0.15, 0.2) is 0 Å². The van der Waals surface area contributed by atoms with Crippen LogP contribution < -0.4 is 10.7 Å². The Labute approximate surface area is 210 Å². The van der Waals surface area contributed by atoms with Crippen LogP contribution in [-0.4, -0.2) is 92.9 Å². The summed E-state index contributed by atoms with van der Waals surface area (Å²) in [7, 11) is -3.72. The Kier molecular flexibility index (Phi) is 9.13. The Bertz CT molecular complexity index is 1210. The molecule has 2 fully saturated rings. The van der Waals surface area contributed by atoms with Crippen molar-refractivity contribution >= 4 is 44.3 Å². The molecule has 2 aliphatic rings. The van der Waals surface area contributed by atoms with E-state index in [-0.39, 0.29) is 17.3 Å². The lowest BCUT2D eigenvalue weighted by Gasteiger charge is -2.34. The number of aliphatic carboxylic acids is 1. The van der Waals surface area contributed by atoms with E-state index in [0.717, 1.165) is 10.8 Å². The molecular formula is C21H24ClF3N4O6S. The fourth-order valence-corrected chi connectivity index (χ4v) is 5.20. The third kappa shape index (κ3) is 7.27. The Hall–Kier alpha value is -2.49. The molecule has 36 heavy (non-hydrogen) atoms. The third-order valence-electron chi connectivity index (χ3n) is 5.39. The van der Waals surface area contributed by atoms with Gasteiger partial charge >= 0.3 is 12.1 Å². The lowest BCUT2D eigenvalue weighted by Crippen LogP contribution is -2.61. The Morgan fingerprint density at radius 3 is 2.33 bits per heavy atom. The van der Waals surface area contributed by atoms with Crippen molar-refractivity contribution in [3.63, 3.8) is 0 Å². The van der Waals surface area contributed by atoms with Crippen molar-refractivity contribution < 1.29 is 41.0 Å². The van der Waals surface area contributed by atoms with Crippen LogP contribution in [0.15, 0.2) is 41.3 Å². The molecule has 198 valence electrons. The van der Waals surface area contributed by atoms with Gasteiger partial charge in [0.25, 0.3) is 5.91 Å². The molecule has 0 bridgehead atoms. The zero-order chi connectivity index (χ0) is 26.5. The standard InChI is InChI=1S/C19H23ClN4O4S.C2HF3O2/c20-16-3-1-15-12-17(4-2-14(15)11-16)29(26,27)24-6-5-21-18(13-24)19(25)22-23-7-9-28-10-8-23;3-2(4,5)1(6)7/h1-4,11-12,18,21H,5-10,13H2,(H,22,25);(H,6,7). The molecule has 0 aliphatic carbocycles. The van der Waals surface area contributed by atoms with Crippen LogP contribution in [0.5, 0.6) is 0 Å². The highest BCUT2D eigenvalue weighted by atomic mass is 35.5. The number of amides is 1. The van der Waals surface area contributed by atoms with Gasteiger partial charge in [0.05, 0.1) is 18.1 Å². The summed E-state index contributed by atoms with van der Waals surface area (Å²) in [6, 6.07) is 9.69. The number of hydrogen-bond acceptors (Lipinski definition) is 7. The topological polar surface area (TPSA) is 128 Å². The van der Waals surface area contributed by atoms with Crippen LogP contribution in [0.4, 0.5) is 13.2 Å². The van der Waals surface area contributed by atoms with Gasteiger partial charge in [-0.05, 0) is 35.0 Å². The first-order valence-electron chi connectivity index (χ1n) is 10.7. The molecule has 1 amide bonds. The Balaban J connectivity index is 0.000000454. The van der Waals surface area contributed by atoms with E-state index >= 15 is 0 Å². The number of nitrogens with zero attached hydrogens (tertiary/aromatic N) is 2. The number of ether oxygens (including phenoxy) is 1. The van der Waals surface area contributed by atoms with Crippen LogP contribution in [0.1, 0.15) is 0 Å². The van der Waals surface area contributed by atoms with Crippen LogP contribution in [0.25, 0.3) is 10.8 Å². The first kappa shape index (κ1) is 28.1. The van der Waals surface area contributed by atoms with E-state index < -0.39 is 28.2 Å². The second-order valence-electron chi connectivity index (χ2n) is 7.90. The minimum Gasteiger partial charge on any atom is -0.475 e. The number of sulfonamides is 1. The van der Waals surface area contributed by atoms with Crippen LogP contribution in [-0.2, 0) is 24.3 Å². The van der Waals surface area contributed by atoms with E-state index in [1.54, 1.807) is 41.4 Å². The number of morpholine rings is 1. The molecule has 1 atom stereocenters. The molecule has 10 nitrogen and oxygen atoms in total. The van der Waals surface area contributed by atoms with Gasteiger partial charge in [-0.25, -0.2) is 18.2 Å². The number of hydrogen-bond donors (Lipinski definition) is 3. The minimum atomic E-state index is -5.08. The summed E-state index contributed by atoms with van der Waals surface area (Å²) in [5.74, 6) is -2.99. The summed E-state index contributed by atoms with van der Waals surface area (Å²) in [5, 5.41) is 14.3. The van der Waals surface area contributed by atoms with Gasteiger partial charge in [0.2, 0.25) is 10.0 Å². The zero-order valence-corrected chi connectivity index (χ0v) is 20.4. The van der Waals surface area contributed by atoms with Crippen LogP contribution in [0.2, 0.25) is 5.02 Å². The van der Waals surface area contributed by atoms with Crippen molar-refractivity contribution in [1.29, 1.82) is 0 Å². The highest BCUT2D eigenvalue weighted by molar-refractivity contribution is 7.89. The summed E-state index contributed by atoms with van der Waals surface area (Å²) < 4.78 is 64.7. The first-order valence-corrected chi connectivity index (χ1v) is 12.6. The number of rotatable bonds is 4. The number of alkyl halides is 3. The molecule has 0 saturated carbocycles. The van der Waals surface area contributed by atoms with Crippen molar-refractivity contribution in [3.05, 3.63) is 41.4 Å². The van der Waals surface area contributed by atoms with Gasteiger partial charge in [0, 0.05) is 37.7 Å². The number of fused-ring (bicyclic) bond motifs is 1. The SMILES string of the molecule is O=C(NN1CCOCC1)C1CN(S(=O)(=O)c2ccc3cc(Cl)ccc3c2)CCN1.O=C(O)C(F)(F)F. The highest BCUT2D eigenvalue weighted by Crippen LogP contribution is 2.25. The number of carboxylic acids is 1.